The van der Waals surface area contributed by atoms with Gasteiger partial charge in [-0.1, -0.05) is 18.5 Å². The monoisotopic (exact) mass is 352 g/mol. The highest BCUT2D eigenvalue weighted by Crippen LogP contribution is 2.22. The Kier molecular flexibility index (Phi) is 5.61. The summed E-state index contributed by atoms with van der Waals surface area (Å²) in [5.74, 6) is -0.209. The molecule has 0 aliphatic heterocycles. The van der Waals surface area contributed by atoms with E-state index >= 15 is 0 Å². The molecule has 0 saturated carbocycles. The second kappa shape index (κ2) is 7.48. The van der Waals surface area contributed by atoms with Gasteiger partial charge >= 0.3 is 5.97 Å². The molecule has 2 rings (SSSR count). The first-order valence-corrected chi connectivity index (χ1v) is 9.06. The normalized spacial score (nSPS) is 11.3. The first kappa shape index (κ1) is 18.0. The number of esters is 1. The van der Waals surface area contributed by atoms with E-state index in [2.05, 4.69) is 9.88 Å². The quantitative estimate of drug-likeness (QED) is 0.607. The van der Waals surface area contributed by atoms with E-state index in [1.54, 1.807) is 6.92 Å². The number of nitrogens with one attached hydrogen (secondary N) is 1. The van der Waals surface area contributed by atoms with Crippen molar-refractivity contribution >= 4 is 21.7 Å². The fourth-order valence-electron chi connectivity index (χ4n) is 2.13. The largest absolute Gasteiger partial charge is 0.462 e. The van der Waals surface area contributed by atoms with E-state index in [9.17, 15) is 13.2 Å². The van der Waals surface area contributed by atoms with E-state index in [1.165, 1.54) is 31.2 Å². The van der Waals surface area contributed by atoms with Crippen LogP contribution in [0.4, 0.5) is 5.69 Å². The lowest BCUT2D eigenvalue weighted by molar-refractivity contribution is 0.0500. The standard InChI is InChI=1S/C16H20N2O5S/c1-4-5-10-22-16(19)13-6-8-14(9-7-13)18-24(20,21)15-11(2)17-23-12(15)3/h6-9,18H,4-5,10H2,1-3H3. The summed E-state index contributed by atoms with van der Waals surface area (Å²) >= 11 is 0. The van der Waals surface area contributed by atoms with Gasteiger partial charge in [0.15, 0.2) is 10.7 Å². The summed E-state index contributed by atoms with van der Waals surface area (Å²) in [6, 6.07) is 6.04. The molecule has 0 atom stereocenters. The topological polar surface area (TPSA) is 98.5 Å². The Hall–Kier alpha value is -2.35. The minimum Gasteiger partial charge on any atom is -0.462 e. The molecule has 0 radical (unpaired) electrons. The van der Waals surface area contributed by atoms with Gasteiger partial charge in [0.05, 0.1) is 12.2 Å². The third-order valence-electron chi connectivity index (χ3n) is 3.34. The van der Waals surface area contributed by atoms with Crippen molar-refractivity contribution in [2.24, 2.45) is 0 Å². The summed E-state index contributed by atoms with van der Waals surface area (Å²) < 4.78 is 37.2. The first-order chi connectivity index (χ1) is 11.3. The molecule has 130 valence electrons. The molecule has 0 aliphatic carbocycles. The fraction of sp³-hybridized carbons (Fsp3) is 0.375. The zero-order valence-electron chi connectivity index (χ0n) is 13.8. The van der Waals surface area contributed by atoms with Crippen molar-refractivity contribution in [2.45, 2.75) is 38.5 Å². The van der Waals surface area contributed by atoms with Crippen molar-refractivity contribution in [3.63, 3.8) is 0 Å². The van der Waals surface area contributed by atoms with E-state index in [4.69, 9.17) is 9.26 Å². The predicted octanol–water partition coefficient (Wildman–Crippen LogP) is 3.05. The highest BCUT2D eigenvalue weighted by molar-refractivity contribution is 7.92. The Bertz CT molecular complexity index is 790. The molecule has 8 heteroatoms. The maximum absolute atomic E-state index is 12.4. The number of benzene rings is 1. The van der Waals surface area contributed by atoms with Gasteiger partial charge in [0.25, 0.3) is 10.0 Å². The Balaban J connectivity index is 2.10. The molecule has 7 nitrogen and oxygen atoms in total. The summed E-state index contributed by atoms with van der Waals surface area (Å²) in [7, 11) is -3.80. The molecule has 2 aromatic rings. The third kappa shape index (κ3) is 4.14. The Labute approximate surface area is 141 Å². The van der Waals surface area contributed by atoms with Crippen LogP contribution in [0, 0.1) is 13.8 Å². The summed E-state index contributed by atoms with van der Waals surface area (Å²) in [4.78, 5) is 11.8. The van der Waals surface area contributed by atoms with Crippen molar-refractivity contribution in [1.29, 1.82) is 0 Å². The number of anilines is 1. The van der Waals surface area contributed by atoms with E-state index in [-0.39, 0.29) is 16.3 Å². The number of nitrogens with zero attached hydrogens (tertiary/aromatic N) is 1. The highest BCUT2D eigenvalue weighted by Gasteiger charge is 2.24. The summed E-state index contributed by atoms with van der Waals surface area (Å²) in [6.07, 6.45) is 1.75. The molecule has 1 aromatic heterocycles. The smallest absolute Gasteiger partial charge is 0.338 e. The average molecular weight is 352 g/mol. The van der Waals surface area contributed by atoms with Crippen LogP contribution in [0.1, 0.15) is 41.6 Å². The van der Waals surface area contributed by atoms with Crippen LogP contribution in [0.25, 0.3) is 0 Å². The van der Waals surface area contributed by atoms with E-state index in [1.807, 2.05) is 6.92 Å². The number of sulfonamides is 1. The van der Waals surface area contributed by atoms with Crippen molar-refractivity contribution in [3.05, 3.63) is 41.3 Å². The molecule has 0 fully saturated rings. The molecule has 0 amide bonds. The van der Waals surface area contributed by atoms with Crippen molar-refractivity contribution in [1.82, 2.24) is 5.16 Å². The van der Waals surface area contributed by atoms with Crippen LogP contribution >= 0.6 is 0 Å². The minimum atomic E-state index is -3.80. The SMILES string of the molecule is CCCCOC(=O)c1ccc(NS(=O)(=O)c2c(C)noc2C)cc1. The van der Waals surface area contributed by atoms with Crippen LogP contribution in [-0.2, 0) is 14.8 Å². The van der Waals surface area contributed by atoms with E-state index in [0.29, 0.717) is 17.9 Å². The molecule has 24 heavy (non-hydrogen) atoms. The zero-order valence-corrected chi connectivity index (χ0v) is 14.6. The molecular formula is C16H20N2O5S. The molecule has 1 aromatic carbocycles. The first-order valence-electron chi connectivity index (χ1n) is 7.58. The van der Waals surface area contributed by atoms with Crippen LogP contribution in [-0.4, -0.2) is 26.2 Å². The molecule has 0 bridgehead atoms. The molecule has 1 heterocycles. The minimum absolute atomic E-state index is 0.0190. The predicted molar refractivity (Wildman–Crippen MR) is 88.4 cm³/mol. The second-order valence-corrected chi connectivity index (χ2v) is 6.94. The molecule has 0 spiro atoms. The molecular weight excluding hydrogens is 332 g/mol. The third-order valence-corrected chi connectivity index (χ3v) is 4.97. The number of carbonyl (C=O) groups excluding carboxylic acids is 1. The van der Waals surface area contributed by atoms with E-state index in [0.717, 1.165) is 12.8 Å². The van der Waals surface area contributed by atoms with Crippen LogP contribution in [0.2, 0.25) is 0 Å². The van der Waals surface area contributed by atoms with Gasteiger partial charge in [-0.05, 0) is 44.5 Å². The average Bonchev–Trinajstić information content (AvgIpc) is 2.87. The van der Waals surface area contributed by atoms with Gasteiger partial charge in [0, 0.05) is 5.69 Å². The van der Waals surface area contributed by atoms with Gasteiger partial charge in [0.1, 0.15) is 5.69 Å². The fourth-order valence-corrected chi connectivity index (χ4v) is 3.52. The van der Waals surface area contributed by atoms with Gasteiger partial charge in [-0.2, -0.15) is 0 Å². The van der Waals surface area contributed by atoms with Crippen LogP contribution in [0.5, 0.6) is 0 Å². The molecule has 0 unspecified atom stereocenters. The number of ether oxygens (including phenoxy) is 1. The van der Waals surface area contributed by atoms with E-state index < -0.39 is 16.0 Å². The summed E-state index contributed by atoms with van der Waals surface area (Å²) in [5.41, 5.74) is 0.989. The lowest BCUT2D eigenvalue weighted by Crippen LogP contribution is -2.14. The number of unbranched alkanes of at least 4 members (excludes halogenated alkanes) is 1. The maximum Gasteiger partial charge on any atom is 0.338 e. The maximum atomic E-state index is 12.4. The van der Waals surface area contributed by atoms with Crippen LogP contribution < -0.4 is 4.72 Å². The Morgan fingerprint density at radius 1 is 1.25 bits per heavy atom. The number of aromatic nitrogens is 1. The van der Waals surface area contributed by atoms with Crippen molar-refractivity contribution in [2.75, 3.05) is 11.3 Å². The number of carbonyl (C=O) groups is 1. The Morgan fingerprint density at radius 3 is 2.46 bits per heavy atom. The number of hydrogen-bond acceptors (Lipinski definition) is 6. The number of hydrogen-bond donors (Lipinski definition) is 1. The summed E-state index contributed by atoms with van der Waals surface area (Å²) in [5, 5.41) is 3.64. The van der Waals surface area contributed by atoms with Gasteiger partial charge in [-0.15, -0.1) is 0 Å². The van der Waals surface area contributed by atoms with Gasteiger partial charge in [0.2, 0.25) is 0 Å². The molecule has 0 saturated heterocycles. The summed E-state index contributed by atoms with van der Waals surface area (Å²) in [6.45, 7) is 5.47. The van der Waals surface area contributed by atoms with Crippen LogP contribution in [0.15, 0.2) is 33.7 Å². The molecule has 1 N–H and O–H groups in total. The van der Waals surface area contributed by atoms with Crippen molar-refractivity contribution in [3.8, 4) is 0 Å². The lowest BCUT2D eigenvalue weighted by Gasteiger charge is -2.08. The number of aryl methyl sites for hydroxylation is 2. The van der Waals surface area contributed by atoms with Crippen molar-refractivity contribution < 1.29 is 22.5 Å². The Morgan fingerprint density at radius 2 is 1.92 bits per heavy atom. The van der Waals surface area contributed by atoms with Gasteiger partial charge < -0.3 is 9.26 Å². The van der Waals surface area contributed by atoms with Gasteiger partial charge in [-0.3, -0.25) is 4.72 Å². The lowest BCUT2D eigenvalue weighted by atomic mass is 10.2. The molecule has 0 aliphatic rings. The number of rotatable bonds is 7. The van der Waals surface area contributed by atoms with Crippen LogP contribution in [0.3, 0.4) is 0 Å². The van der Waals surface area contributed by atoms with Gasteiger partial charge in [-0.25, -0.2) is 13.2 Å². The second-order valence-electron chi connectivity index (χ2n) is 5.33. The highest BCUT2D eigenvalue weighted by atomic mass is 32.2. The zero-order chi connectivity index (χ0) is 17.7.